The normalized spacial score (nSPS) is 10.9. The average molecular weight is 207 g/mol. The summed E-state index contributed by atoms with van der Waals surface area (Å²) in [5, 5.41) is 12.9. The molecule has 0 aliphatic heterocycles. The van der Waals surface area contributed by atoms with Gasteiger partial charge in [0.15, 0.2) is 0 Å². The van der Waals surface area contributed by atoms with Crippen molar-refractivity contribution in [1.82, 2.24) is 14.7 Å². The van der Waals surface area contributed by atoms with Crippen molar-refractivity contribution < 1.29 is 9.63 Å². The highest BCUT2D eigenvalue weighted by molar-refractivity contribution is 5.21. The molecule has 15 heavy (non-hydrogen) atoms. The molecule has 2 aromatic rings. The highest BCUT2D eigenvalue weighted by atomic mass is 16.5. The van der Waals surface area contributed by atoms with Crippen LogP contribution in [0.1, 0.15) is 22.8 Å². The third-order valence-corrected chi connectivity index (χ3v) is 2.45. The van der Waals surface area contributed by atoms with Gasteiger partial charge >= 0.3 is 0 Å². The van der Waals surface area contributed by atoms with Crippen LogP contribution < -0.4 is 0 Å². The van der Waals surface area contributed by atoms with Gasteiger partial charge in [-0.15, -0.1) is 0 Å². The minimum absolute atomic E-state index is 0.0592. The Morgan fingerprint density at radius 3 is 2.87 bits per heavy atom. The molecule has 2 aromatic heterocycles. The van der Waals surface area contributed by atoms with Crippen molar-refractivity contribution in [3.63, 3.8) is 0 Å². The molecule has 0 atom stereocenters. The van der Waals surface area contributed by atoms with Gasteiger partial charge in [-0.25, -0.2) is 4.98 Å². The van der Waals surface area contributed by atoms with Crippen LogP contribution in [0.5, 0.6) is 0 Å². The third kappa shape index (κ3) is 1.78. The minimum atomic E-state index is -0.0592. The zero-order valence-electron chi connectivity index (χ0n) is 8.77. The lowest BCUT2D eigenvalue weighted by atomic mass is 10.2. The van der Waals surface area contributed by atoms with Crippen LogP contribution in [0.15, 0.2) is 16.9 Å². The van der Waals surface area contributed by atoms with Crippen LogP contribution in [0.4, 0.5) is 0 Å². The molecule has 0 spiro atoms. The predicted molar refractivity (Wildman–Crippen MR) is 53.2 cm³/mol. The van der Waals surface area contributed by atoms with E-state index in [1.54, 1.807) is 6.20 Å². The van der Waals surface area contributed by atoms with Gasteiger partial charge < -0.3 is 14.2 Å². The Kier molecular flexibility index (Phi) is 2.55. The van der Waals surface area contributed by atoms with Gasteiger partial charge in [-0.05, 0) is 13.8 Å². The molecule has 2 heterocycles. The van der Waals surface area contributed by atoms with Crippen molar-refractivity contribution in [2.75, 3.05) is 0 Å². The lowest BCUT2D eigenvalue weighted by Gasteiger charge is -2.04. The van der Waals surface area contributed by atoms with E-state index in [9.17, 15) is 0 Å². The highest BCUT2D eigenvalue weighted by Crippen LogP contribution is 2.14. The lowest BCUT2D eigenvalue weighted by Crippen LogP contribution is -2.05. The first kappa shape index (κ1) is 9.92. The number of nitrogens with zero attached hydrogens (tertiary/aromatic N) is 3. The Balaban J connectivity index is 2.29. The first-order chi connectivity index (χ1) is 7.22. The van der Waals surface area contributed by atoms with Crippen LogP contribution in [0.25, 0.3) is 0 Å². The molecule has 0 bridgehead atoms. The molecule has 5 nitrogen and oxygen atoms in total. The molecule has 0 aliphatic rings. The topological polar surface area (TPSA) is 64.1 Å². The van der Waals surface area contributed by atoms with Crippen LogP contribution >= 0.6 is 0 Å². The maximum absolute atomic E-state index is 9.05. The minimum Gasteiger partial charge on any atom is -0.388 e. The molecule has 0 amide bonds. The Bertz CT molecular complexity index is 439. The van der Waals surface area contributed by atoms with Crippen molar-refractivity contribution in [3.05, 3.63) is 35.2 Å². The van der Waals surface area contributed by atoms with Gasteiger partial charge in [-0.1, -0.05) is 5.16 Å². The molecule has 2 rings (SSSR count). The summed E-state index contributed by atoms with van der Waals surface area (Å²) < 4.78 is 6.95. The second-order valence-corrected chi connectivity index (χ2v) is 3.43. The summed E-state index contributed by atoms with van der Waals surface area (Å²) in [6, 6.07) is 0. The molecule has 1 N–H and O–H groups in total. The fourth-order valence-electron chi connectivity index (χ4n) is 1.53. The van der Waals surface area contributed by atoms with E-state index in [1.165, 1.54) is 0 Å². The molecule has 0 aliphatic carbocycles. The first-order valence-corrected chi connectivity index (χ1v) is 4.75. The average Bonchev–Trinajstić information content (AvgIpc) is 2.79. The number of imidazole rings is 1. The highest BCUT2D eigenvalue weighted by Gasteiger charge is 2.11. The summed E-state index contributed by atoms with van der Waals surface area (Å²) in [4.78, 5) is 4.04. The summed E-state index contributed by atoms with van der Waals surface area (Å²) in [5.41, 5.74) is 1.92. The zero-order chi connectivity index (χ0) is 10.8. The standard InChI is InChI=1S/C10H13N3O2/c1-7-9(8(2)15-12-7)5-13-4-3-11-10(13)6-14/h3-4,14H,5-6H2,1-2H3. The van der Waals surface area contributed by atoms with Crippen LogP contribution in [-0.4, -0.2) is 19.8 Å². The smallest absolute Gasteiger partial charge is 0.138 e. The first-order valence-electron chi connectivity index (χ1n) is 4.75. The number of hydrogen-bond donors (Lipinski definition) is 1. The van der Waals surface area contributed by atoms with Gasteiger partial charge in [0.25, 0.3) is 0 Å². The van der Waals surface area contributed by atoms with E-state index in [2.05, 4.69) is 10.1 Å². The van der Waals surface area contributed by atoms with Crippen molar-refractivity contribution >= 4 is 0 Å². The van der Waals surface area contributed by atoms with E-state index < -0.39 is 0 Å². The van der Waals surface area contributed by atoms with Crippen LogP contribution in [-0.2, 0) is 13.2 Å². The number of rotatable bonds is 3. The molecule has 5 heteroatoms. The van der Waals surface area contributed by atoms with E-state index in [0.717, 1.165) is 17.0 Å². The summed E-state index contributed by atoms with van der Waals surface area (Å²) in [6.45, 7) is 4.36. The molecule has 0 radical (unpaired) electrons. The molecule has 0 saturated heterocycles. The second-order valence-electron chi connectivity index (χ2n) is 3.43. The molecule has 0 aromatic carbocycles. The van der Waals surface area contributed by atoms with Crippen molar-refractivity contribution in [2.24, 2.45) is 0 Å². The predicted octanol–water partition coefficient (Wildman–Crippen LogP) is 1.03. The van der Waals surface area contributed by atoms with Crippen LogP contribution in [0, 0.1) is 13.8 Å². The van der Waals surface area contributed by atoms with E-state index in [-0.39, 0.29) is 6.61 Å². The Hall–Kier alpha value is -1.62. The SMILES string of the molecule is Cc1noc(C)c1Cn1ccnc1CO. The van der Waals surface area contributed by atoms with E-state index >= 15 is 0 Å². The van der Waals surface area contributed by atoms with Crippen LogP contribution in [0.3, 0.4) is 0 Å². The van der Waals surface area contributed by atoms with Crippen molar-refractivity contribution in [3.8, 4) is 0 Å². The summed E-state index contributed by atoms with van der Waals surface area (Å²) in [7, 11) is 0. The van der Waals surface area contributed by atoms with E-state index in [0.29, 0.717) is 12.4 Å². The van der Waals surface area contributed by atoms with Gasteiger partial charge in [0.2, 0.25) is 0 Å². The molecular weight excluding hydrogens is 194 g/mol. The zero-order valence-corrected chi connectivity index (χ0v) is 8.77. The van der Waals surface area contributed by atoms with Gasteiger partial charge in [0.05, 0.1) is 12.2 Å². The quantitative estimate of drug-likeness (QED) is 0.816. The van der Waals surface area contributed by atoms with E-state index in [1.807, 2.05) is 24.6 Å². The van der Waals surface area contributed by atoms with E-state index in [4.69, 9.17) is 9.63 Å². The number of aliphatic hydroxyl groups excluding tert-OH is 1. The number of hydrogen-bond acceptors (Lipinski definition) is 4. The largest absolute Gasteiger partial charge is 0.388 e. The monoisotopic (exact) mass is 207 g/mol. The summed E-state index contributed by atoms with van der Waals surface area (Å²) in [6.07, 6.45) is 3.50. The second kappa shape index (κ2) is 3.86. The molecule has 80 valence electrons. The fourth-order valence-corrected chi connectivity index (χ4v) is 1.53. The number of aliphatic hydroxyl groups is 1. The van der Waals surface area contributed by atoms with Gasteiger partial charge in [0, 0.05) is 18.0 Å². The number of aromatic nitrogens is 3. The summed E-state index contributed by atoms with van der Waals surface area (Å²) >= 11 is 0. The fraction of sp³-hybridized carbons (Fsp3) is 0.400. The van der Waals surface area contributed by atoms with Crippen LogP contribution in [0.2, 0.25) is 0 Å². The maximum atomic E-state index is 9.05. The van der Waals surface area contributed by atoms with Crippen molar-refractivity contribution in [2.45, 2.75) is 27.0 Å². The Labute approximate surface area is 87.3 Å². The molecule has 0 fully saturated rings. The molecular formula is C10H13N3O2. The molecule has 0 saturated carbocycles. The maximum Gasteiger partial charge on any atom is 0.138 e. The number of aryl methyl sites for hydroxylation is 2. The molecule has 0 unspecified atom stereocenters. The third-order valence-electron chi connectivity index (χ3n) is 2.45. The Morgan fingerprint density at radius 1 is 1.47 bits per heavy atom. The Morgan fingerprint density at radius 2 is 2.27 bits per heavy atom. The lowest BCUT2D eigenvalue weighted by molar-refractivity contribution is 0.266. The van der Waals surface area contributed by atoms with Gasteiger partial charge in [-0.2, -0.15) is 0 Å². The van der Waals surface area contributed by atoms with Gasteiger partial charge in [-0.3, -0.25) is 0 Å². The van der Waals surface area contributed by atoms with Gasteiger partial charge in [0.1, 0.15) is 18.2 Å². The summed E-state index contributed by atoms with van der Waals surface area (Å²) in [5.74, 6) is 1.46. The van der Waals surface area contributed by atoms with Crippen molar-refractivity contribution in [1.29, 1.82) is 0 Å².